The highest BCUT2D eigenvalue weighted by molar-refractivity contribution is 7.99. The van der Waals surface area contributed by atoms with Crippen molar-refractivity contribution < 1.29 is 44.3 Å². The fourth-order valence-corrected chi connectivity index (χ4v) is 191. The van der Waals surface area contributed by atoms with Crippen molar-refractivity contribution in [2.24, 2.45) is 0 Å². The molecule has 0 amide bonds. The summed E-state index contributed by atoms with van der Waals surface area (Å²) in [6, 6.07) is 0. The van der Waals surface area contributed by atoms with Gasteiger partial charge in [-0.25, -0.2) is 0 Å². The van der Waals surface area contributed by atoms with E-state index in [1.54, 1.807) is 71.1 Å². The normalized spacial score (nSPS) is 23.5. The van der Waals surface area contributed by atoms with E-state index in [9.17, 15) is 0 Å². The van der Waals surface area contributed by atoms with Gasteiger partial charge in [0.15, 0.2) is 0 Å². The Hall–Kier alpha value is 1.34. The summed E-state index contributed by atoms with van der Waals surface area (Å²) in [6.45, 7) is 17.5. The molecule has 0 aromatic rings. The lowest BCUT2D eigenvalue weighted by Crippen LogP contribution is -2.99. The fourth-order valence-electron chi connectivity index (χ4n) is 5.95. The van der Waals surface area contributed by atoms with Crippen molar-refractivity contribution in [2.75, 3.05) is 71.1 Å². The molecular weight excluding hydrogens is 601 g/mol. The molecule has 0 aromatic carbocycles. The van der Waals surface area contributed by atoms with Crippen LogP contribution in [0.25, 0.3) is 0 Å². The molecule has 0 bridgehead atoms. The minimum Gasteiger partial charge on any atom is -0.421 e. The van der Waals surface area contributed by atoms with Crippen LogP contribution in [0.5, 0.6) is 0 Å². The van der Waals surface area contributed by atoms with Gasteiger partial charge in [0.25, 0.3) is 14.7 Å². The van der Waals surface area contributed by atoms with Gasteiger partial charge in [-0.2, -0.15) is 0 Å². The first-order valence-corrected chi connectivity index (χ1v) is 38.0. The monoisotopic (exact) mass is 654 g/mol. The first-order valence-electron chi connectivity index (χ1n) is 11.9. The van der Waals surface area contributed by atoms with Gasteiger partial charge in [-0.15, -0.1) is 0 Å². The van der Waals surface area contributed by atoms with Crippen LogP contribution in [0.2, 0.25) is 52.4 Å². The lowest BCUT2D eigenvalue weighted by atomic mass is 11.8. The van der Waals surface area contributed by atoms with E-state index < -0.39 is 60.3 Å². The quantitative estimate of drug-likeness (QED) is 0.218. The molecule has 0 radical (unpaired) electrons. The summed E-state index contributed by atoms with van der Waals surface area (Å²) in [6.07, 6.45) is 0. The first kappa shape index (κ1) is 37.3. The summed E-state index contributed by atoms with van der Waals surface area (Å²) in [5, 5.41) is 0. The molecular formula is C18H54O10Si8. The van der Waals surface area contributed by atoms with Crippen molar-refractivity contribution in [1.82, 2.24) is 0 Å². The zero-order chi connectivity index (χ0) is 29.1. The smallest absolute Gasteiger partial charge is 0.344 e. The van der Waals surface area contributed by atoms with Gasteiger partial charge in [0.1, 0.15) is 0 Å². The Morgan fingerprint density at radius 3 is 0.472 bits per heavy atom. The van der Waals surface area contributed by atoms with E-state index in [0.29, 0.717) is 0 Å². The van der Waals surface area contributed by atoms with Gasteiger partial charge in [0.05, 0.1) is 0 Å². The van der Waals surface area contributed by atoms with Gasteiger partial charge in [0, 0.05) is 71.1 Å². The molecule has 0 aliphatic heterocycles. The van der Waals surface area contributed by atoms with E-state index in [-0.39, 0.29) is 0 Å². The maximum absolute atomic E-state index is 6.78. The molecule has 0 aliphatic carbocycles. The average Bonchev–Trinajstić information content (AvgIpc) is 2.92. The van der Waals surface area contributed by atoms with Gasteiger partial charge in [0.2, 0.25) is 29.4 Å². The molecule has 0 fully saturated rings. The standard InChI is InChI=1S/C18H54O10Si8/c1-19-29(11,20-2)31(13,23-5)33(15,25-7)35(17,27-9)36(18,28-10)34(16,26-8)32(14,24-6)30(12,21-3)22-4/h1-18H3. The minimum absolute atomic E-state index is 1.71. The van der Waals surface area contributed by atoms with E-state index in [1.165, 1.54) is 0 Å². The van der Waals surface area contributed by atoms with Crippen LogP contribution < -0.4 is 0 Å². The van der Waals surface area contributed by atoms with Crippen molar-refractivity contribution in [3.8, 4) is 0 Å². The Bertz CT molecular complexity index is 663. The molecule has 0 aliphatic rings. The molecule has 218 valence electrons. The van der Waals surface area contributed by atoms with Crippen LogP contribution in [0.15, 0.2) is 0 Å². The largest absolute Gasteiger partial charge is 0.421 e. The third-order valence-corrected chi connectivity index (χ3v) is 141. The number of hydrogen-bond acceptors (Lipinski definition) is 10. The molecule has 0 heterocycles. The van der Waals surface area contributed by atoms with Crippen molar-refractivity contribution in [3.05, 3.63) is 0 Å². The molecule has 6 atom stereocenters. The SMILES string of the molecule is CO[Si](C)(OC)[Si](C)(OC)[Si](C)(OC)[Si](C)(OC)[Si](C)(OC)[Si](C)(OC)[Si](C)(OC)[Si](C)(OC)OC. The molecule has 0 aromatic heterocycles. The lowest BCUT2D eigenvalue weighted by molar-refractivity contribution is 0.255. The van der Waals surface area contributed by atoms with Crippen molar-refractivity contribution in [3.63, 3.8) is 0 Å². The molecule has 10 nitrogen and oxygen atoms in total. The lowest BCUT2D eigenvalue weighted by Gasteiger charge is -2.61. The summed E-state index contributed by atoms with van der Waals surface area (Å²) in [7, 11) is -5.58. The van der Waals surface area contributed by atoms with Crippen LogP contribution in [0.4, 0.5) is 0 Å². The van der Waals surface area contributed by atoms with Crippen LogP contribution >= 0.6 is 0 Å². The topological polar surface area (TPSA) is 92.3 Å². The van der Waals surface area contributed by atoms with Gasteiger partial charge in [-0.05, 0) is 52.4 Å². The molecule has 0 rings (SSSR count). The Balaban J connectivity index is 7.88. The summed E-state index contributed by atoms with van der Waals surface area (Å²) in [5.41, 5.74) is 0. The zero-order valence-electron chi connectivity index (χ0n) is 26.1. The van der Waals surface area contributed by atoms with Crippen molar-refractivity contribution >= 4 is 60.3 Å². The molecule has 0 spiro atoms. The van der Waals surface area contributed by atoms with E-state index in [2.05, 4.69) is 52.4 Å². The average molecular weight is 655 g/mol. The highest BCUT2D eigenvalue weighted by Gasteiger charge is 2.86. The van der Waals surface area contributed by atoms with Gasteiger partial charge in [-0.1, -0.05) is 0 Å². The van der Waals surface area contributed by atoms with E-state index in [1.807, 2.05) is 0 Å². The highest BCUT2D eigenvalue weighted by Crippen LogP contribution is 2.47. The predicted molar refractivity (Wildman–Crippen MR) is 163 cm³/mol. The van der Waals surface area contributed by atoms with Gasteiger partial charge >= 0.3 is 16.2 Å². The van der Waals surface area contributed by atoms with Gasteiger partial charge < -0.3 is 44.3 Å². The molecule has 0 saturated carbocycles. The summed E-state index contributed by atoms with van der Waals surface area (Å²) >= 11 is 0. The van der Waals surface area contributed by atoms with Crippen LogP contribution in [-0.4, -0.2) is 131 Å². The maximum Gasteiger partial charge on any atom is 0.344 e. The third kappa shape index (κ3) is 4.68. The molecule has 0 N–H and O–H groups in total. The second-order valence-electron chi connectivity index (χ2n) is 10.1. The molecule has 36 heavy (non-hydrogen) atoms. The second kappa shape index (κ2) is 12.9. The molecule has 18 heteroatoms. The Kier molecular flexibility index (Phi) is 13.4. The maximum atomic E-state index is 6.78. The van der Waals surface area contributed by atoms with E-state index in [4.69, 9.17) is 44.3 Å². The summed E-state index contributed by atoms with van der Waals surface area (Å²) < 4.78 is 64.6. The molecule has 0 saturated heterocycles. The van der Waals surface area contributed by atoms with E-state index in [0.717, 1.165) is 0 Å². The summed E-state index contributed by atoms with van der Waals surface area (Å²) in [5.74, 6) is 0. The minimum atomic E-state index is -2.97. The first-order chi connectivity index (χ1) is 16.4. The second-order valence-corrected chi connectivity index (χ2v) is 79.2. The highest BCUT2D eigenvalue weighted by atomic mass is 30.1. The van der Waals surface area contributed by atoms with Crippen LogP contribution in [0.3, 0.4) is 0 Å². The summed E-state index contributed by atoms with van der Waals surface area (Å²) in [4.78, 5) is 0. The fraction of sp³-hybridized carbons (Fsp3) is 1.00. The zero-order valence-corrected chi connectivity index (χ0v) is 34.1. The van der Waals surface area contributed by atoms with Gasteiger partial charge in [-0.3, -0.25) is 0 Å². The Morgan fingerprint density at radius 1 is 0.222 bits per heavy atom. The van der Waals surface area contributed by atoms with Crippen molar-refractivity contribution in [1.29, 1.82) is 0 Å². The Morgan fingerprint density at radius 2 is 0.361 bits per heavy atom. The van der Waals surface area contributed by atoms with Crippen LogP contribution in [0.1, 0.15) is 0 Å². The van der Waals surface area contributed by atoms with Crippen molar-refractivity contribution in [2.45, 2.75) is 52.4 Å². The predicted octanol–water partition coefficient (Wildman–Crippen LogP) is 2.60. The number of hydrogen-bond donors (Lipinski definition) is 0. The number of rotatable bonds is 17. The van der Waals surface area contributed by atoms with E-state index >= 15 is 0 Å². The van der Waals surface area contributed by atoms with Crippen LogP contribution in [0, 0.1) is 0 Å². The molecule has 6 unspecified atom stereocenters. The Labute approximate surface area is 227 Å². The van der Waals surface area contributed by atoms with Crippen LogP contribution in [-0.2, 0) is 44.3 Å². The third-order valence-electron chi connectivity index (χ3n) is 10.3.